The Labute approximate surface area is 276 Å². The molecule has 0 saturated carbocycles. The number of aromatic nitrogens is 1. The number of likely N-dealkylation sites (N-methyl/N-ethyl adjacent to an activating group) is 1. The Hall–Kier alpha value is -4.50. The number of carbonyl (C=O) groups is 2. The Balaban J connectivity index is 2.25. The second-order valence-corrected chi connectivity index (χ2v) is 12.5. The van der Waals surface area contributed by atoms with E-state index in [1.807, 2.05) is 0 Å². The van der Waals surface area contributed by atoms with E-state index in [1.54, 1.807) is 64.9 Å². The first-order chi connectivity index (χ1) is 22.4. The normalized spacial score (nSPS) is 12.9. The number of carboxylic acids is 1. The molecule has 1 heterocycles. The van der Waals surface area contributed by atoms with E-state index in [9.17, 15) is 32.7 Å². The first kappa shape index (κ1) is 38.0. The lowest BCUT2D eigenvalue weighted by Crippen LogP contribution is -2.41. The predicted molar refractivity (Wildman–Crippen MR) is 173 cm³/mol. The van der Waals surface area contributed by atoms with Crippen LogP contribution in [0.15, 0.2) is 41.3 Å². The average molecular weight is 674 g/mol. The number of aryl methyl sites for hydroxylation is 2. The molecule has 3 rings (SSSR count). The van der Waals surface area contributed by atoms with E-state index in [1.165, 1.54) is 13.0 Å². The molecule has 1 aromatic heterocycles. The molecule has 0 aliphatic carbocycles. The second kappa shape index (κ2) is 15.6. The minimum atomic E-state index is -4.84. The van der Waals surface area contributed by atoms with Gasteiger partial charge in [-0.05, 0) is 81.9 Å². The van der Waals surface area contributed by atoms with Crippen LogP contribution in [0.2, 0.25) is 0 Å². The number of nitrogens with one attached hydrogen (secondary N) is 1. The smallest absolute Gasteiger partial charge is 0.416 e. The summed E-state index contributed by atoms with van der Waals surface area (Å²) in [5, 5.41) is 12.2. The molecule has 258 valence electrons. The van der Waals surface area contributed by atoms with Gasteiger partial charge in [0, 0.05) is 29.9 Å². The van der Waals surface area contributed by atoms with Crippen molar-refractivity contribution < 1.29 is 36.6 Å². The first-order valence-corrected chi connectivity index (χ1v) is 15.4. The van der Waals surface area contributed by atoms with Crippen LogP contribution in [0.4, 0.5) is 22.0 Å². The maximum atomic E-state index is 16.5. The standard InChI is InChI=1S/C36H40F5N3O4/c1-8-10-23-16-25(31-21(4)11-9-12-22(31)5)34(38)32(33(23)37)27(18-30(46)47)42-35(48)28(15-20(2)3)44-19-24(13-14-43(6)7)26(17-29(44)45)36(39,40)41/h9,11-12,16-17,19-20,27-28H,13-15,18H2,1-7H3,(H,42,48)(H,46,47). The number of aliphatic carboxylic acids is 1. The fourth-order valence-electron chi connectivity index (χ4n) is 5.71. The van der Waals surface area contributed by atoms with Crippen LogP contribution in [0.25, 0.3) is 11.1 Å². The van der Waals surface area contributed by atoms with Gasteiger partial charge < -0.3 is 19.9 Å². The number of hydrogen-bond donors (Lipinski definition) is 2. The summed E-state index contributed by atoms with van der Waals surface area (Å²) in [7, 11) is 3.35. The van der Waals surface area contributed by atoms with Gasteiger partial charge in [-0.1, -0.05) is 38.0 Å². The molecule has 0 aliphatic heterocycles. The van der Waals surface area contributed by atoms with Crippen molar-refractivity contribution in [3.8, 4) is 23.0 Å². The summed E-state index contributed by atoms with van der Waals surface area (Å²) in [6, 6.07) is 3.69. The molecule has 48 heavy (non-hydrogen) atoms. The lowest BCUT2D eigenvalue weighted by atomic mass is 9.89. The van der Waals surface area contributed by atoms with Crippen LogP contribution >= 0.6 is 0 Å². The second-order valence-electron chi connectivity index (χ2n) is 12.5. The van der Waals surface area contributed by atoms with Crippen molar-refractivity contribution >= 4 is 11.9 Å². The van der Waals surface area contributed by atoms with Crippen molar-refractivity contribution in [3.63, 3.8) is 0 Å². The molecule has 12 heteroatoms. The van der Waals surface area contributed by atoms with Crippen LogP contribution in [0.1, 0.15) is 79.1 Å². The maximum absolute atomic E-state index is 16.5. The van der Waals surface area contributed by atoms with Gasteiger partial charge in [-0.2, -0.15) is 13.2 Å². The highest BCUT2D eigenvalue weighted by molar-refractivity contribution is 5.82. The lowest BCUT2D eigenvalue weighted by molar-refractivity contribution is -0.139. The number of halogens is 5. The van der Waals surface area contributed by atoms with Gasteiger partial charge in [0.05, 0.1) is 23.6 Å². The van der Waals surface area contributed by atoms with Gasteiger partial charge >= 0.3 is 12.1 Å². The van der Waals surface area contributed by atoms with Crippen molar-refractivity contribution in [3.05, 3.63) is 91.9 Å². The summed E-state index contributed by atoms with van der Waals surface area (Å²) in [5.74, 6) is 0.137. The Morgan fingerprint density at radius 1 is 1.06 bits per heavy atom. The highest BCUT2D eigenvalue weighted by Gasteiger charge is 2.36. The number of benzene rings is 2. The number of alkyl halides is 3. The SMILES string of the molecule is CC#Cc1cc(-c2c(C)cccc2C)c(F)c(C(CC(=O)O)NC(=O)C(CC(C)C)n2cc(CCN(C)C)c(C(F)(F)F)cc2=O)c1F. The predicted octanol–water partition coefficient (Wildman–Crippen LogP) is 6.82. The monoisotopic (exact) mass is 673 g/mol. The largest absolute Gasteiger partial charge is 0.481 e. The topological polar surface area (TPSA) is 91.6 Å². The molecule has 0 spiro atoms. The van der Waals surface area contributed by atoms with Crippen LogP contribution < -0.4 is 10.9 Å². The minimum Gasteiger partial charge on any atom is -0.481 e. The molecule has 0 radical (unpaired) electrons. The van der Waals surface area contributed by atoms with Crippen molar-refractivity contribution in [1.82, 2.24) is 14.8 Å². The number of rotatable bonds is 12. The van der Waals surface area contributed by atoms with Crippen LogP contribution in [-0.4, -0.2) is 47.1 Å². The average Bonchev–Trinajstić information content (AvgIpc) is 2.96. The molecule has 1 amide bonds. The molecule has 3 aromatic rings. The van der Waals surface area contributed by atoms with E-state index < -0.39 is 64.9 Å². The van der Waals surface area contributed by atoms with E-state index in [-0.39, 0.29) is 42.0 Å². The van der Waals surface area contributed by atoms with Gasteiger partial charge in [0.1, 0.15) is 17.7 Å². The molecule has 2 aromatic carbocycles. The van der Waals surface area contributed by atoms with Gasteiger partial charge in [-0.25, -0.2) is 8.78 Å². The summed E-state index contributed by atoms with van der Waals surface area (Å²) in [6.07, 6.45) is -4.94. The molecule has 0 saturated heterocycles. The van der Waals surface area contributed by atoms with Crippen LogP contribution in [-0.2, 0) is 22.2 Å². The fourth-order valence-corrected chi connectivity index (χ4v) is 5.71. The zero-order chi connectivity index (χ0) is 36.1. The van der Waals surface area contributed by atoms with Crippen molar-refractivity contribution in [2.75, 3.05) is 20.6 Å². The van der Waals surface area contributed by atoms with E-state index in [0.717, 1.165) is 10.8 Å². The Kier molecular flexibility index (Phi) is 12.3. The van der Waals surface area contributed by atoms with Crippen molar-refractivity contribution in [2.24, 2.45) is 5.92 Å². The quantitative estimate of drug-likeness (QED) is 0.163. The summed E-state index contributed by atoms with van der Waals surface area (Å²) >= 11 is 0. The molecular formula is C36H40F5N3O4. The highest BCUT2D eigenvalue weighted by atomic mass is 19.4. The minimum absolute atomic E-state index is 0.0485. The summed E-state index contributed by atoms with van der Waals surface area (Å²) in [6.45, 7) is 8.57. The molecule has 7 nitrogen and oxygen atoms in total. The maximum Gasteiger partial charge on any atom is 0.416 e. The summed E-state index contributed by atoms with van der Waals surface area (Å²) in [5.41, 5.74) is -1.72. The van der Waals surface area contributed by atoms with E-state index in [0.29, 0.717) is 22.8 Å². The third-order valence-corrected chi connectivity index (χ3v) is 7.92. The number of nitrogens with zero attached hydrogens (tertiary/aromatic N) is 2. The van der Waals surface area contributed by atoms with Crippen molar-refractivity contribution in [2.45, 2.75) is 72.1 Å². The lowest BCUT2D eigenvalue weighted by Gasteiger charge is -2.27. The van der Waals surface area contributed by atoms with E-state index in [4.69, 9.17) is 0 Å². The van der Waals surface area contributed by atoms with Crippen LogP contribution in [0.3, 0.4) is 0 Å². The third kappa shape index (κ3) is 8.89. The molecule has 0 bridgehead atoms. The Bertz CT molecular complexity index is 1780. The van der Waals surface area contributed by atoms with Gasteiger partial charge in [-0.3, -0.25) is 14.4 Å². The van der Waals surface area contributed by atoms with E-state index in [2.05, 4.69) is 17.2 Å². The van der Waals surface area contributed by atoms with E-state index >= 15 is 8.78 Å². The molecular weight excluding hydrogens is 633 g/mol. The fraction of sp³-hybridized carbons (Fsp3) is 0.417. The third-order valence-electron chi connectivity index (χ3n) is 7.92. The van der Waals surface area contributed by atoms with Crippen molar-refractivity contribution in [1.29, 1.82) is 0 Å². The molecule has 2 unspecified atom stereocenters. The van der Waals surface area contributed by atoms with Gasteiger partial charge in [0.2, 0.25) is 5.91 Å². The van der Waals surface area contributed by atoms with Crippen LogP contribution in [0.5, 0.6) is 0 Å². The van der Waals surface area contributed by atoms with Crippen LogP contribution in [0, 0.1) is 43.2 Å². The Morgan fingerprint density at radius 3 is 2.21 bits per heavy atom. The van der Waals surface area contributed by atoms with Gasteiger partial charge in [-0.15, -0.1) is 5.92 Å². The number of pyridine rings is 1. The first-order valence-electron chi connectivity index (χ1n) is 15.4. The summed E-state index contributed by atoms with van der Waals surface area (Å²) < 4.78 is 75.2. The number of carboxylic acid groups (broad SMARTS) is 1. The van der Waals surface area contributed by atoms with Gasteiger partial charge in [0.25, 0.3) is 5.56 Å². The number of hydrogen-bond acceptors (Lipinski definition) is 4. The zero-order valence-corrected chi connectivity index (χ0v) is 28.0. The summed E-state index contributed by atoms with van der Waals surface area (Å²) in [4.78, 5) is 40.9. The van der Waals surface area contributed by atoms with Gasteiger partial charge in [0.15, 0.2) is 0 Å². The molecule has 2 N–H and O–H groups in total. The molecule has 0 fully saturated rings. The molecule has 0 aliphatic rings. The number of carbonyl (C=O) groups excluding carboxylic acids is 1. The Morgan fingerprint density at radius 2 is 1.69 bits per heavy atom. The number of amides is 1. The molecule has 2 atom stereocenters. The zero-order valence-electron chi connectivity index (χ0n) is 28.0. The highest BCUT2D eigenvalue weighted by Crippen LogP contribution is 2.37.